The Hall–Kier alpha value is -2.24. The van der Waals surface area contributed by atoms with Gasteiger partial charge in [0.25, 0.3) is 5.91 Å². The van der Waals surface area contributed by atoms with Gasteiger partial charge in [-0.3, -0.25) is 4.79 Å². The van der Waals surface area contributed by atoms with Crippen LogP contribution >= 0.6 is 11.6 Å². The second-order valence-corrected chi connectivity index (χ2v) is 6.23. The molecule has 1 amide bonds. The first-order valence-corrected chi connectivity index (χ1v) is 8.22. The van der Waals surface area contributed by atoms with Crippen LogP contribution < -0.4 is 16.0 Å². The lowest BCUT2D eigenvalue weighted by molar-refractivity contribution is 0.102. The lowest BCUT2D eigenvalue weighted by atomic mass is 10.1. The number of anilines is 3. The number of carbonyl (C=O) groups is 1. The van der Waals surface area contributed by atoms with Crippen molar-refractivity contribution >= 4 is 34.6 Å². The lowest BCUT2D eigenvalue weighted by Gasteiger charge is -2.30. The van der Waals surface area contributed by atoms with Crippen LogP contribution in [0.1, 0.15) is 15.9 Å². The fourth-order valence-corrected chi connectivity index (χ4v) is 2.95. The van der Waals surface area contributed by atoms with Crippen molar-refractivity contribution in [3.63, 3.8) is 0 Å². The Labute approximate surface area is 146 Å². The third kappa shape index (κ3) is 3.63. The molecule has 0 unspecified atom stereocenters. The van der Waals surface area contributed by atoms with Crippen LogP contribution in [0.25, 0.3) is 0 Å². The van der Waals surface area contributed by atoms with Crippen LogP contribution in [0.2, 0.25) is 5.02 Å². The molecule has 126 valence electrons. The smallest absolute Gasteiger partial charge is 0.255 e. The van der Waals surface area contributed by atoms with Crippen LogP contribution in [0.4, 0.5) is 17.1 Å². The van der Waals surface area contributed by atoms with Crippen LogP contribution in [0.15, 0.2) is 36.4 Å². The molecule has 1 heterocycles. The van der Waals surface area contributed by atoms with Gasteiger partial charge in [-0.15, -0.1) is 0 Å². The van der Waals surface area contributed by atoms with Crippen molar-refractivity contribution in [3.05, 3.63) is 52.5 Å². The van der Waals surface area contributed by atoms with E-state index in [1.165, 1.54) is 0 Å². The van der Waals surface area contributed by atoms with Gasteiger partial charge in [0.05, 0.1) is 24.6 Å². The van der Waals surface area contributed by atoms with Crippen LogP contribution in [0, 0.1) is 6.92 Å². The second-order valence-electron chi connectivity index (χ2n) is 5.79. The van der Waals surface area contributed by atoms with E-state index in [2.05, 4.69) is 10.2 Å². The number of benzene rings is 2. The highest BCUT2D eigenvalue weighted by Gasteiger charge is 2.17. The topological polar surface area (TPSA) is 67.6 Å². The van der Waals surface area contributed by atoms with Gasteiger partial charge in [0.15, 0.2) is 0 Å². The number of morpholine rings is 1. The molecule has 0 bridgehead atoms. The highest BCUT2D eigenvalue weighted by molar-refractivity contribution is 6.31. The Balaban J connectivity index is 1.86. The van der Waals surface area contributed by atoms with Gasteiger partial charge in [0.1, 0.15) is 0 Å². The minimum atomic E-state index is -0.196. The normalized spacial score (nSPS) is 14.5. The van der Waals surface area contributed by atoms with Gasteiger partial charge in [-0.05, 0) is 42.8 Å². The van der Waals surface area contributed by atoms with Crippen molar-refractivity contribution in [1.82, 2.24) is 0 Å². The molecule has 1 saturated heterocycles. The number of aryl methyl sites for hydroxylation is 1. The average molecular weight is 346 g/mol. The maximum atomic E-state index is 12.5. The molecule has 1 aliphatic rings. The van der Waals surface area contributed by atoms with Gasteiger partial charge in [0, 0.05) is 29.4 Å². The molecular formula is C18H20ClN3O2. The summed E-state index contributed by atoms with van der Waals surface area (Å²) in [6.07, 6.45) is 0. The first-order valence-electron chi connectivity index (χ1n) is 7.84. The van der Waals surface area contributed by atoms with Gasteiger partial charge in [-0.1, -0.05) is 17.7 Å². The van der Waals surface area contributed by atoms with E-state index in [1.54, 1.807) is 24.3 Å². The number of rotatable bonds is 3. The Bertz CT molecular complexity index is 758. The van der Waals surface area contributed by atoms with Crippen molar-refractivity contribution in [3.8, 4) is 0 Å². The van der Waals surface area contributed by atoms with E-state index >= 15 is 0 Å². The molecule has 0 aliphatic carbocycles. The molecule has 1 fully saturated rings. The summed E-state index contributed by atoms with van der Waals surface area (Å²) >= 11 is 5.96. The van der Waals surface area contributed by atoms with Crippen molar-refractivity contribution in [1.29, 1.82) is 0 Å². The molecule has 5 nitrogen and oxygen atoms in total. The van der Waals surface area contributed by atoms with E-state index in [0.29, 0.717) is 29.5 Å². The second kappa shape index (κ2) is 7.11. The Morgan fingerprint density at radius 3 is 2.71 bits per heavy atom. The van der Waals surface area contributed by atoms with Crippen molar-refractivity contribution < 1.29 is 9.53 Å². The molecule has 24 heavy (non-hydrogen) atoms. The van der Waals surface area contributed by atoms with Gasteiger partial charge in [0.2, 0.25) is 0 Å². The summed E-state index contributed by atoms with van der Waals surface area (Å²) in [7, 11) is 0. The molecule has 0 radical (unpaired) electrons. The number of nitrogens with zero attached hydrogens (tertiary/aromatic N) is 1. The molecule has 3 N–H and O–H groups in total. The van der Waals surface area contributed by atoms with Crippen LogP contribution in [0.5, 0.6) is 0 Å². The summed E-state index contributed by atoms with van der Waals surface area (Å²) in [5, 5.41) is 3.48. The van der Waals surface area contributed by atoms with Gasteiger partial charge < -0.3 is 20.7 Å². The number of carbonyl (C=O) groups excluding carboxylic acids is 1. The molecule has 0 saturated carbocycles. The Morgan fingerprint density at radius 2 is 2.00 bits per heavy atom. The zero-order valence-corrected chi connectivity index (χ0v) is 14.3. The number of amides is 1. The summed E-state index contributed by atoms with van der Waals surface area (Å²) < 4.78 is 5.38. The monoisotopic (exact) mass is 345 g/mol. The average Bonchev–Trinajstić information content (AvgIpc) is 2.58. The fourth-order valence-electron chi connectivity index (χ4n) is 2.76. The third-order valence-electron chi connectivity index (χ3n) is 4.06. The molecule has 2 aromatic carbocycles. The molecule has 6 heteroatoms. The van der Waals surface area contributed by atoms with Crippen molar-refractivity contribution in [2.45, 2.75) is 6.92 Å². The summed E-state index contributed by atoms with van der Waals surface area (Å²) in [5.74, 6) is -0.196. The quantitative estimate of drug-likeness (QED) is 0.837. The van der Waals surface area contributed by atoms with Crippen LogP contribution in [0.3, 0.4) is 0 Å². The molecule has 1 aliphatic heterocycles. The zero-order chi connectivity index (χ0) is 17.1. The standard InChI is InChI=1S/C18H20ClN3O2/c1-12-9-15(20)17(22-5-7-24-8-6-22)11-16(12)21-18(23)13-3-2-4-14(19)10-13/h2-4,9-11H,5-8,20H2,1H3,(H,21,23). The molecule has 0 spiro atoms. The van der Waals surface area contributed by atoms with Gasteiger partial charge in [-0.2, -0.15) is 0 Å². The summed E-state index contributed by atoms with van der Waals surface area (Å²) in [6.45, 7) is 4.85. The lowest BCUT2D eigenvalue weighted by Crippen LogP contribution is -2.36. The highest BCUT2D eigenvalue weighted by atomic mass is 35.5. The van der Waals surface area contributed by atoms with Crippen molar-refractivity contribution in [2.24, 2.45) is 0 Å². The van der Waals surface area contributed by atoms with E-state index in [-0.39, 0.29) is 5.91 Å². The number of halogens is 1. The predicted molar refractivity (Wildman–Crippen MR) is 98.0 cm³/mol. The van der Waals surface area contributed by atoms with E-state index in [1.807, 2.05) is 19.1 Å². The summed E-state index contributed by atoms with van der Waals surface area (Å²) in [6, 6.07) is 10.7. The van der Waals surface area contributed by atoms with Crippen LogP contribution in [-0.4, -0.2) is 32.2 Å². The Kier molecular flexibility index (Phi) is 4.92. The first kappa shape index (κ1) is 16.6. The number of nitrogens with two attached hydrogens (primary N) is 1. The third-order valence-corrected chi connectivity index (χ3v) is 4.30. The van der Waals surface area contributed by atoms with E-state index in [0.717, 1.165) is 30.0 Å². The van der Waals surface area contributed by atoms with Gasteiger partial charge >= 0.3 is 0 Å². The molecule has 0 atom stereocenters. The van der Waals surface area contributed by atoms with E-state index in [9.17, 15) is 4.79 Å². The zero-order valence-electron chi connectivity index (χ0n) is 13.5. The molecule has 0 aromatic heterocycles. The molecule has 2 aromatic rings. The number of hydrogen-bond acceptors (Lipinski definition) is 4. The fraction of sp³-hybridized carbons (Fsp3) is 0.278. The Morgan fingerprint density at radius 1 is 1.25 bits per heavy atom. The maximum Gasteiger partial charge on any atom is 0.255 e. The van der Waals surface area contributed by atoms with Crippen LogP contribution in [-0.2, 0) is 4.74 Å². The number of hydrogen-bond donors (Lipinski definition) is 2. The van der Waals surface area contributed by atoms with E-state index < -0.39 is 0 Å². The summed E-state index contributed by atoms with van der Waals surface area (Å²) in [5.41, 5.74) is 9.98. The SMILES string of the molecule is Cc1cc(N)c(N2CCOCC2)cc1NC(=O)c1cccc(Cl)c1. The molecule has 3 rings (SSSR count). The largest absolute Gasteiger partial charge is 0.397 e. The van der Waals surface area contributed by atoms with Gasteiger partial charge in [-0.25, -0.2) is 0 Å². The number of ether oxygens (including phenoxy) is 1. The molecular weight excluding hydrogens is 326 g/mol. The number of nitrogens with one attached hydrogen (secondary N) is 1. The minimum absolute atomic E-state index is 0.196. The number of nitrogen functional groups attached to an aromatic ring is 1. The van der Waals surface area contributed by atoms with Crippen molar-refractivity contribution in [2.75, 3.05) is 42.3 Å². The first-order chi connectivity index (χ1) is 11.5. The predicted octanol–water partition coefficient (Wildman–Crippen LogP) is 3.32. The minimum Gasteiger partial charge on any atom is -0.397 e. The highest BCUT2D eigenvalue weighted by Crippen LogP contribution is 2.31. The maximum absolute atomic E-state index is 12.5. The summed E-state index contributed by atoms with van der Waals surface area (Å²) in [4.78, 5) is 14.6. The van der Waals surface area contributed by atoms with E-state index in [4.69, 9.17) is 22.1 Å².